The molecule has 2 aromatic rings. The molecular weight excluding hydrogens is 307 g/mol. The van der Waals surface area contributed by atoms with E-state index in [0.717, 1.165) is 37.7 Å². The molecule has 1 aromatic carbocycles. The van der Waals surface area contributed by atoms with Gasteiger partial charge in [-0.25, -0.2) is 9.37 Å². The van der Waals surface area contributed by atoms with Crippen LogP contribution in [0.25, 0.3) is 0 Å². The van der Waals surface area contributed by atoms with Gasteiger partial charge in [-0.2, -0.15) is 5.10 Å². The predicted octanol–water partition coefficient (Wildman–Crippen LogP) is 2.73. The number of nitrogens with zero attached hydrogens (tertiary/aromatic N) is 3. The van der Waals surface area contributed by atoms with Gasteiger partial charge in [-0.3, -0.25) is 9.48 Å². The third kappa shape index (κ3) is 4.63. The van der Waals surface area contributed by atoms with Gasteiger partial charge in [0.25, 0.3) is 0 Å². The highest BCUT2D eigenvalue weighted by Gasteiger charge is 2.28. The van der Waals surface area contributed by atoms with E-state index in [1.807, 2.05) is 12.1 Å². The standard InChI is InChI=1S/C18H23FN4O/c19-16-8-6-14(7-9-16)11-15-3-1-4-17(15)22-18(24)5-2-10-23-13-20-12-21-23/h6-9,12-13,15,17H,1-5,10-11H2,(H,22,24)/t15-,17-/m0/s1. The van der Waals surface area contributed by atoms with E-state index in [1.54, 1.807) is 11.0 Å². The van der Waals surface area contributed by atoms with Crippen LogP contribution in [0.15, 0.2) is 36.9 Å². The van der Waals surface area contributed by atoms with Crippen molar-refractivity contribution in [2.24, 2.45) is 5.92 Å². The van der Waals surface area contributed by atoms with Crippen LogP contribution in [0.1, 0.15) is 37.7 Å². The summed E-state index contributed by atoms with van der Waals surface area (Å²) >= 11 is 0. The Balaban J connectivity index is 1.44. The SMILES string of the molecule is O=C(CCCn1cncn1)N[C@H]1CCC[C@H]1Cc1ccc(F)cc1. The van der Waals surface area contributed by atoms with E-state index in [2.05, 4.69) is 15.4 Å². The average molecular weight is 330 g/mol. The van der Waals surface area contributed by atoms with Crippen LogP contribution >= 0.6 is 0 Å². The summed E-state index contributed by atoms with van der Waals surface area (Å²) in [6.07, 6.45) is 8.58. The van der Waals surface area contributed by atoms with Gasteiger partial charge in [-0.05, 0) is 49.3 Å². The second-order valence-corrected chi connectivity index (χ2v) is 6.46. The molecule has 0 aliphatic heterocycles. The highest BCUT2D eigenvalue weighted by atomic mass is 19.1. The minimum Gasteiger partial charge on any atom is -0.353 e. The molecule has 2 atom stereocenters. The molecule has 0 unspecified atom stereocenters. The zero-order valence-corrected chi connectivity index (χ0v) is 13.7. The second kappa shape index (κ2) is 8.04. The van der Waals surface area contributed by atoms with Crippen molar-refractivity contribution in [3.05, 3.63) is 48.3 Å². The molecule has 0 saturated heterocycles. The molecule has 1 aliphatic rings. The lowest BCUT2D eigenvalue weighted by atomic mass is 9.94. The van der Waals surface area contributed by atoms with Crippen molar-refractivity contribution in [3.63, 3.8) is 0 Å². The molecule has 1 aromatic heterocycles. The van der Waals surface area contributed by atoms with E-state index in [1.165, 1.54) is 18.5 Å². The third-order valence-electron chi connectivity index (χ3n) is 4.67. The second-order valence-electron chi connectivity index (χ2n) is 6.46. The Kier molecular flexibility index (Phi) is 5.56. The summed E-state index contributed by atoms with van der Waals surface area (Å²) in [5.41, 5.74) is 1.13. The molecule has 1 saturated carbocycles. The number of halogens is 1. The predicted molar refractivity (Wildman–Crippen MR) is 88.6 cm³/mol. The maximum Gasteiger partial charge on any atom is 0.220 e. The lowest BCUT2D eigenvalue weighted by Crippen LogP contribution is -2.38. The maximum atomic E-state index is 13.0. The molecule has 1 amide bonds. The molecule has 5 nitrogen and oxygen atoms in total. The number of benzene rings is 1. The summed E-state index contributed by atoms with van der Waals surface area (Å²) in [7, 11) is 0. The molecule has 0 spiro atoms. The molecule has 1 aliphatic carbocycles. The van der Waals surface area contributed by atoms with E-state index in [0.29, 0.717) is 18.9 Å². The Morgan fingerprint density at radius 1 is 1.29 bits per heavy atom. The number of hydrogen-bond acceptors (Lipinski definition) is 3. The molecular formula is C18H23FN4O. The number of rotatable bonds is 7. The van der Waals surface area contributed by atoms with Crippen molar-refractivity contribution < 1.29 is 9.18 Å². The summed E-state index contributed by atoms with van der Waals surface area (Å²) in [5, 5.41) is 7.21. The van der Waals surface area contributed by atoms with E-state index in [9.17, 15) is 9.18 Å². The zero-order valence-electron chi connectivity index (χ0n) is 13.7. The number of aromatic nitrogens is 3. The van der Waals surface area contributed by atoms with Gasteiger partial charge in [-0.1, -0.05) is 18.6 Å². The number of hydrogen-bond donors (Lipinski definition) is 1. The van der Waals surface area contributed by atoms with E-state index in [-0.39, 0.29) is 17.8 Å². The average Bonchev–Trinajstić information content (AvgIpc) is 3.22. The third-order valence-corrected chi connectivity index (χ3v) is 4.67. The van der Waals surface area contributed by atoms with Gasteiger partial charge >= 0.3 is 0 Å². The molecule has 1 fully saturated rings. The minimum atomic E-state index is -0.206. The van der Waals surface area contributed by atoms with Crippen molar-refractivity contribution in [3.8, 4) is 0 Å². The van der Waals surface area contributed by atoms with Crippen molar-refractivity contribution in [2.45, 2.75) is 51.1 Å². The molecule has 24 heavy (non-hydrogen) atoms. The van der Waals surface area contributed by atoms with Crippen LogP contribution in [0, 0.1) is 11.7 Å². The van der Waals surface area contributed by atoms with Crippen LogP contribution in [0.4, 0.5) is 4.39 Å². The molecule has 128 valence electrons. The summed E-state index contributed by atoms with van der Waals surface area (Å²) < 4.78 is 14.7. The van der Waals surface area contributed by atoms with Crippen LogP contribution < -0.4 is 5.32 Å². The Labute approximate surface area is 141 Å². The molecule has 1 N–H and O–H groups in total. The first-order valence-corrected chi connectivity index (χ1v) is 8.57. The first-order valence-electron chi connectivity index (χ1n) is 8.57. The first-order chi connectivity index (χ1) is 11.7. The fourth-order valence-electron chi connectivity index (χ4n) is 3.42. The van der Waals surface area contributed by atoms with Gasteiger partial charge in [0.1, 0.15) is 18.5 Å². The van der Waals surface area contributed by atoms with Gasteiger partial charge in [0.15, 0.2) is 0 Å². The number of nitrogens with one attached hydrogen (secondary N) is 1. The van der Waals surface area contributed by atoms with Crippen molar-refractivity contribution in [1.29, 1.82) is 0 Å². The highest BCUT2D eigenvalue weighted by molar-refractivity contribution is 5.76. The lowest BCUT2D eigenvalue weighted by Gasteiger charge is -2.21. The topological polar surface area (TPSA) is 59.8 Å². The van der Waals surface area contributed by atoms with E-state index >= 15 is 0 Å². The summed E-state index contributed by atoms with van der Waals surface area (Å²) in [6.45, 7) is 0.705. The van der Waals surface area contributed by atoms with Gasteiger partial charge < -0.3 is 5.32 Å². The molecule has 6 heteroatoms. The van der Waals surface area contributed by atoms with Crippen LogP contribution in [0.3, 0.4) is 0 Å². The molecule has 3 rings (SSSR count). The van der Waals surface area contributed by atoms with Crippen LogP contribution in [0.2, 0.25) is 0 Å². The van der Waals surface area contributed by atoms with Gasteiger partial charge in [0.2, 0.25) is 5.91 Å². The number of aryl methyl sites for hydroxylation is 1. The minimum absolute atomic E-state index is 0.103. The van der Waals surface area contributed by atoms with Crippen molar-refractivity contribution >= 4 is 5.91 Å². The Morgan fingerprint density at radius 3 is 2.88 bits per heavy atom. The van der Waals surface area contributed by atoms with E-state index < -0.39 is 0 Å². The number of carbonyl (C=O) groups excluding carboxylic acids is 1. The Bertz CT molecular complexity index is 642. The summed E-state index contributed by atoms with van der Waals surface area (Å²) in [5.74, 6) is 0.336. The largest absolute Gasteiger partial charge is 0.353 e. The quantitative estimate of drug-likeness (QED) is 0.849. The fraction of sp³-hybridized carbons (Fsp3) is 0.500. The lowest BCUT2D eigenvalue weighted by molar-refractivity contribution is -0.122. The zero-order chi connectivity index (χ0) is 16.8. The molecule has 1 heterocycles. The monoisotopic (exact) mass is 330 g/mol. The van der Waals surface area contributed by atoms with Crippen LogP contribution in [0.5, 0.6) is 0 Å². The maximum absolute atomic E-state index is 13.0. The Morgan fingerprint density at radius 2 is 2.12 bits per heavy atom. The van der Waals surface area contributed by atoms with E-state index in [4.69, 9.17) is 0 Å². The van der Waals surface area contributed by atoms with Crippen LogP contribution in [-0.2, 0) is 17.8 Å². The van der Waals surface area contributed by atoms with Crippen LogP contribution in [-0.4, -0.2) is 26.7 Å². The summed E-state index contributed by atoms with van der Waals surface area (Å²) in [4.78, 5) is 16.1. The first kappa shape index (κ1) is 16.6. The van der Waals surface area contributed by atoms with Crippen molar-refractivity contribution in [1.82, 2.24) is 20.1 Å². The molecule has 0 bridgehead atoms. The van der Waals surface area contributed by atoms with Gasteiger partial charge in [0.05, 0.1) is 0 Å². The van der Waals surface area contributed by atoms with Gasteiger partial charge in [-0.15, -0.1) is 0 Å². The van der Waals surface area contributed by atoms with Gasteiger partial charge in [0, 0.05) is 19.0 Å². The summed E-state index contributed by atoms with van der Waals surface area (Å²) in [6, 6.07) is 6.91. The normalized spacial score (nSPS) is 20.2. The molecule has 0 radical (unpaired) electrons. The Hall–Kier alpha value is -2.24. The van der Waals surface area contributed by atoms with Crippen molar-refractivity contribution in [2.75, 3.05) is 0 Å². The number of amides is 1. The smallest absolute Gasteiger partial charge is 0.220 e. The fourth-order valence-corrected chi connectivity index (χ4v) is 3.42. The highest BCUT2D eigenvalue weighted by Crippen LogP contribution is 2.29. The number of carbonyl (C=O) groups is 1.